The van der Waals surface area contributed by atoms with E-state index in [4.69, 9.17) is 5.11 Å². The second-order valence-corrected chi connectivity index (χ2v) is 5.48. The summed E-state index contributed by atoms with van der Waals surface area (Å²) in [5.41, 5.74) is -1.50. The average Bonchev–Trinajstić information content (AvgIpc) is 2.01. The Kier molecular flexibility index (Phi) is 4.74. The number of carboxylic acids is 1. The highest BCUT2D eigenvalue weighted by Crippen LogP contribution is 2.24. The Morgan fingerprint density at radius 2 is 1.80 bits per heavy atom. The Bertz CT molecular complexity index is 218. The van der Waals surface area contributed by atoms with Crippen molar-refractivity contribution < 1.29 is 15.0 Å². The summed E-state index contributed by atoms with van der Waals surface area (Å²) in [4.78, 5) is 10.6. The second-order valence-electron chi connectivity index (χ2n) is 5.48. The monoisotopic (exact) mass is 217 g/mol. The van der Waals surface area contributed by atoms with Gasteiger partial charge < -0.3 is 15.5 Å². The fourth-order valence-corrected chi connectivity index (χ4v) is 0.914. The first-order valence-corrected chi connectivity index (χ1v) is 5.24. The van der Waals surface area contributed by atoms with Gasteiger partial charge in [-0.1, -0.05) is 27.7 Å². The van der Waals surface area contributed by atoms with Gasteiger partial charge in [-0.15, -0.1) is 0 Å². The third-order valence-corrected chi connectivity index (χ3v) is 2.86. The summed E-state index contributed by atoms with van der Waals surface area (Å²) < 4.78 is 0. The van der Waals surface area contributed by atoms with Crippen LogP contribution in [0.15, 0.2) is 0 Å². The fraction of sp³-hybridized carbons (Fsp3) is 0.909. The van der Waals surface area contributed by atoms with Crippen molar-refractivity contribution in [2.75, 3.05) is 13.1 Å². The lowest BCUT2D eigenvalue weighted by Gasteiger charge is -2.28. The van der Waals surface area contributed by atoms with Crippen LogP contribution in [0, 0.1) is 11.3 Å². The predicted molar refractivity (Wildman–Crippen MR) is 59.7 cm³/mol. The highest BCUT2D eigenvalue weighted by Gasteiger charge is 2.29. The molecule has 0 aliphatic rings. The van der Waals surface area contributed by atoms with Gasteiger partial charge in [0.25, 0.3) is 0 Å². The van der Waals surface area contributed by atoms with Gasteiger partial charge in [0.15, 0.2) is 5.60 Å². The number of aliphatic carboxylic acids is 1. The number of carboxylic acid groups (broad SMARTS) is 1. The molecule has 15 heavy (non-hydrogen) atoms. The summed E-state index contributed by atoms with van der Waals surface area (Å²) >= 11 is 0. The van der Waals surface area contributed by atoms with E-state index < -0.39 is 11.6 Å². The summed E-state index contributed by atoms with van der Waals surface area (Å²) in [5.74, 6) is -0.777. The first-order valence-electron chi connectivity index (χ1n) is 5.24. The molecule has 2 atom stereocenters. The molecule has 0 fully saturated rings. The number of nitrogens with one attached hydrogen (secondary N) is 1. The quantitative estimate of drug-likeness (QED) is 0.645. The molecule has 0 amide bonds. The van der Waals surface area contributed by atoms with Crippen LogP contribution in [0.3, 0.4) is 0 Å². The lowest BCUT2D eigenvalue weighted by Crippen LogP contribution is -2.46. The summed E-state index contributed by atoms with van der Waals surface area (Å²) in [7, 11) is 0. The van der Waals surface area contributed by atoms with E-state index >= 15 is 0 Å². The Morgan fingerprint density at radius 3 is 2.13 bits per heavy atom. The molecule has 3 N–H and O–H groups in total. The van der Waals surface area contributed by atoms with Gasteiger partial charge in [0.2, 0.25) is 0 Å². The fourth-order valence-electron chi connectivity index (χ4n) is 0.914. The molecule has 2 unspecified atom stereocenters. The molecule has 0 saturated heterocycles. The summed E-state index contributed by atoms with van der Waals surface area (Å²) in [6, 6.07) is 0. The molecule has 0 radical (unpaired) electrons. The third-order valence-electron chi connectivity index (χ3n) is 2.86. The van der Waals surface area contributed by atoms with E-state index in [0.29, 0.717) is 12.5 Å². The normalized spacial score (nSPS) is 18.3. The van der Waals surface area contributed by atoms with Crippen molar-refractivity contribution in [3.8, 4) is 0 Å². The number of rotatable bonds is 5. The van der Waals surface area contributed by atoms with Crippen LogP contribution in [0.1, 0.15) is 34.6 Å². The van der Waals surface area contributed by atoms with Crippen LogP contribution in [0.25, 0.3) is 0 Å². The standard InChI is InChI=1S/C11H23NO3/c1-8(10(2,3)4)6-12-7-11(5,15)9(13)14/h8,12,15H,6-7H2,1-5H3,(H,13,14). The molecular formula is C11H23NO3. The highest BCUT2D eigenvalue weighted by atomic mass is 16.4. The van der Waals surface area contributed by atoms with Gasteiger partial charge in [-0.3, -0.25) is 0 Å². The molecule has 0 bridgehead atoms. The molecule has 0 aliphatic carbocycles. The van der Waals surface area contributed by atoms with Crippen LogP contribution >= 0.6 is 0 Å². The van der Waals surface area contributed by atoms with Crippen molar-refractivity contribution >= 4 is 5.97 Å². The van der Waals surface area contributed by atoms with Gasteiger partial charge in [0.05, 0.1) is 0 Å². The van der Waals surface area contributed by atoms with Crippen molar-refractivity contribution in [2.45, 2.75) is 40.2 Å². The van der Waals surface area contributed by atoms with Crippen molar-refractivity contribution in [2.24, 2.45) is 11.3 Å². The van der Waals surface area contributed by atoms with Crippen LogP contribution < -0.4 is 5.32 Å². The summed E-state index contributed by atoms with van der Waals surface area (Å²) in [6.45, 7) is 10.6. The molecule has 0 heterocycles. The maximum Gasteiger partial charge on any atom is 0.336 e. The smallest absolute Gasteiger partial charge is 0.336 e. The lowest BCUT2D eigenvalue weighted by molar-refractivity contribution is -0.156. The molecule has 0 spiro atoms. The van der Waals surface area contributed by atoms with Crippen molar-refractivity contribution in [3.05, 3.63) is 0 Å². The van der Waals surface area contributed by atoms with Crippen LogP contribution in [0.2, 0.25) is 0 Å². The molecule has 90 valence electrons. The zero-order chi connectivity index (χ0) is 12.3. The third kappa shape index (κ3) is 5.14. The summed E-state index contributed by atoms with van der Waals surface area (Å²) in [6.07, 6.45) is 0. The largest absolute Gasteiger partial charge is 0.479 e. The molecule has 0 saturated carbocycles. The van der Waals surface area contributed by atoms with E-state index in [1.54, 1.807) is 0 Å². The van der Waals surface area contributed by atoms with Crippen molar-refractivity contribution in [3.63, 3.8) is 0 Å². The van der Waals surface area contributed by atoms with E-state index in [2.05, 4.69) is 33.0 Å². The lowest BCUT2D eigenvalue weighted by atomic mass is 9.82. The molecule has 0 rings (SSSR count). The van der Waals surface area contributed by atoms with E-state index in [9.17, 15) is 9.90 Å². The molecule has 0 aromatic carbocycles. The number of carbonyl (C=O) groups is 1. The van der Waals surface area contributed by atoms with Gasteiger partial charge >= 0.3 is 5.97 Å². The van der Waals surface area contributed by atoms with Crippen LogP contribution in [-0.2, 0) is 4.79 Å². The summed E-state index contributed by atoms with van der Waals surface area (Å²) in [5, 5.41) is 21.1. The van der Waals surface area contributed by atoms with Crippen LogP contribution in [0.5, 0.6) is 0 Å². The first kappa shape index (κ1) is 14.4. The minimum atomic E-state index is -1.68. The van der Waals surface area contributed by atoms with Gasteiger partial charge in [-0.25, -0.2) is 4.79 Å². The minimum Gasteiger partial charge on any atom is -0.479 e. The van der Waals surface area contributed by atoms with Gasteiger partial charge in [0, 0.05) is 6.54 Å². The predicted octanol–water partition coefficient (Wildman–Crippen LogP) is 1.09. The Morgan fingerprint density at radius 1 is 1.33 bits per heavy atom. The molecule has 4 nitrogen and oxygen atoms in total. The minimum absolute atomic E-state index is 0.0722. The number of aliphatic hydroxyl groups is 1. The Hall–Kier alpha value is -0.610. The molecule has 0 aromatic heterocycles. The maximum atomic E-state index is 10.6. The number of hydrogen-bond acceptors (Lipinski definition) is 3. The molecule has 0 aromatic rings. The van der Waals surface area contributed by atoms with Crippen LogP contribution in [-0.4, -0.2) is 34.9 Å². The van der Waals surface area contributed by atoms with E-state index in [0.717, 1.165) is 0 Å². The number of hydrogen-bond donors (Lipinski definition) is 3. The van der Waals surface area contributed by atoms with Crippen LogP contribution in [0.4, 0.5) is 0 Å². The molecular weight excluding hydrogens is 194 g/mol. The Labute approximate surface area is 91.7 Å². The second kappa shape index (κ2) is 4.94. The highest BCUT2D eigenvalue weighted by molar-refractivity contribution is 5.76. The van der Waals surface area contributed by atoms with Gasteiger partial charge in [-0.2, -0.15) is 0 Å². The molecule has 4 heteroatoms. The molecule has 0 aliphatic heterocycles. The van der Waals surface area contributed by atoms with Crippen molar-refractivity contribution in [1.82, 2.24) is 5.32 Å². The SMILES string of the molecule is CC(CNCC(C)(O)C(=O)O)C(C)(C)C. The zero-order valence-electron chi connectivity index (χ0n) is 10.3. The van der Waals surface area contributed by atoms with Gasteiger partial charge in [0.1, 0.15) is 0 Å². The van der Waals surface area contributed by atoms with E-state index in [1.807, 2.05) is 0 Å². The van der Waals surface area contributed by atoms with E-state index in [-0.39, 0.29) is 12.0 Å². The Balaban J connectivity index is 3.95. The van der Waals surface area contributed by atoms with Crippen molar-refractivity contribution in [1.29, 1.82) is 0 Å². The maximum absolute atomic E-state index is 10.6. The first-order chi connectivity index (χ1) is 6.57. The zero-order valence-corrected chi connectivity index (χ0v) is 10.3. The average molecular weight is 217 g/mol. The topological polar surface area (TPSA) is 69.6 Å². The van der Waals surface area contributed by atoms with Gasteiger partial charge in [-0.05, 0) is 24.8 Å². The van der Waals surface area contributed by atoms with E-state index in [1.165, 1.54) is 6.92 Å².